The molecule has 0 amide bonds. The van der Waals surface area contributed by atoms with E-state index < -0.39 is 44.9 Å². The van der Waals surface area contributed by atoms with Gasteiger partial charge in [-0.2, -0.15) is 0 Å². The molecule has 0 heterocycles. The maximum absolute atomic E-state index is 10.3. The molecule has 0 aromatic carbocycles. The van der Waals surface area contributed by atoms with Gasteiger partial charge in [-0.3, -0.25) is 0 Å². The summed E-state index contributed by atoms with van der Waals surface area (Å²) in [4.78, 5) is 8.42. The van der Waals surface area contributed by atoms with E-state index in [4.69, 9.17) is 10.00 Å². The third-order valence-corrected chi connectivity index (χ3v) is 2.71. The lowest BCUT2D eigenvalue weighted by Gasteiger charge is -2.38. The molecule has 3 unspecified atom stereocenters. The maximum Gasteiger partial charge on any atom is 0.695 e. The first-order valence-corrected chi connectivity index (χ1v) is 5.22. The Bertz CT molecular complexity index is 231. The van der Waals surface area contributed by atoms with Crippen LogP contribution in [0.3, 0.4) is 0 Å². The van der Waals surface area contributed by atoms with E-state index in [2.05, 4.69) is 4.52 Å². The SMILES string of the molecule is O=[P+](O)OC1[C@H](O)[C@H](O)C(O)[C@H](O)[C@H]1O. The molecule has 0 spiro atoms. The molecule has 0 bridgehead atoms. The first-order chi connectivity index (χ1) is 6.86. The summed E-state index contributed by atoms with van der Waals surface area (Å²) in [5.41, 5.74) is 0. The van der Waals surface area contributed by atoms with Crippen molar-refractivity contribution in [1.82, 2.24) is 0 Å². The van der Waals surface area contributed by atoms with Crippen molar-refractivity contribution >= 4 is 8.25 Å². The van der Waals surface area contributed by atoms with Crippen LogP contribution in [0.15, 0.2) is 0 Å². The standard InChI is InChI=1S/C6H11O8P/c7-1-2(8)4(10)6(14-15(12)13)5(11)3(1)9/h1-11H/p+1/t1?,2-,3+,4-,5-,6?/m1/s1. The van der Waals surface area contributed by atoms with E-state index in [1.807, 2.05) is 0 Å². The molecular formula is C6H12O8P+. The molecule has 1 aliphatic carbocycles. The first kappa shape index (κ1) is 12.9. The van der Waals surface area contributed by atoms with Crippen LogP contribution in [0.4, 0.5) is 0 Å². The predicted octanol–water partition coefficient (Wildman–Crippen LogP) is -3.16. The molecular weight excluding hydrogens is 231 g/mol. The summed E-state index contributed by atoms with van der Waals surface area (Å²) >= 11 is 0. The Hall–Kier alpha value is -0.180. The third kappa shape index (κ3) is 2.49. The molecule has 1 saturated carbocycles. The zero-order valence-corrected chi connectivity index (χ0v) is 8.31. The van der Waals surface area contributed by atoms with Gasteiger partial charge in [0.1, 0.15) is 30.5 Å². The van der Waals surface area contributed by atoms with Gasteiger partial charge in [0.25, 0.3) is 0 Å². The van der Waals surface area contributed by atoms with Crippen LogP contribution in [-0.4, -0.2) is 67.0 Å². The number of rotatable bonds is 2. The quantitative estimate of drug-likeness (QED) is 0.278. The van der Waals surface area contributed by atoms with Crippen LogP contribution in [0.25, 0.3) is 0 Å². The smallest absolute Gasteiger partial charge is 0.387 e. The zero-order chi connectivity index (χ0) is 11.7. The van der Waals surface area contributed by atoms with Gasteiger partial charge in [0, 0.05) is 4.57 Å². The molecule has 88 valence electrons. The summed E-state index contributed by atoms with van der Waals surface area (Å²) in [6.45, 7) is 0. The molecule has 1 fully saturated rings. The summed E-state index contributed by atoms with van der Waals surface area (Å²) < 4.78 is 14.6. The van der Waals surface area contributed by atoms with Gasteiger partial charge in [0.05, 0.1) is 0 Å². The van der Waals surface area contributed by atoms with E-state index in [0.29, 0.717) is 0 Å². The van der Waals surface area contributed by atoms with Crippen molar-refractivity contribution < 1.29 is 39.5 Å². The molecule has 9 heteroatoms. The molecule has 0 aromatic heterocycles. The van der Waals surface area contributed by atoms with E-state index in [0.717, 1.165) is 0 Å². The van der Waals surface area contributed by atoms with Crippen LogP contribution in [0, 0.1) is 0 Å². The van der Waals surface area contributed by atoms with Crippen molar-refractivity contribution in [1.29, 1.82) is 0 Å². The van der Waals surface area contributed by atoms with Gasteiger partial charge in [0.2, 0.25) is 0 Å². The number of hydrogen-bond donors (Lipinski definition) is 6. The summed E-state index contributed by atoms with van der Waals surface area (Å²) in [5, 5.41) is 46.1. The fraction of sp³-hybridized carbons (Fsp3) is 1.00. The van der Waals surface area contributed by atoms with Crippen LogP contribution in [0.5, 0.6) is 0 Å². The predicted molar refractivity (Wildman–Crippen MR) is 44.7 cm³/mol. The Balaban J connectivity index is 2.81. The van der Waals surface area contributed by atoms with Crippen LogP contribution in [-0.2, 0) is 9.09 Å². The van der Waals surface area contributed by atoms with Crippen molar-refractivity contribution in [2.45, 2.75) is 36.6 Å². The lowest BCUT2D eigenvalue weighted by Crippen LogP contribution is -2.63. The second kappa shape index (κ2) is 4.77. The Morgan fingerprint density at radius 2 is 1.13 bits per heavy atom. The molecule has 0 aliphatic heterocycles. The van der Waals surface area contributed by atoms with E-state index in [1.165, 1.54) is 0 Å². The van der Waals surface area contributed by atoms with Crippen LogP contribution in [0.1, 0.15) is 0 Å². The monoisotopic (exact) mass is 243 g/mol. The highest BCUT2D eigenvalue weighted by atomic mass is 31.1. The highest BCUT2D eigenvalue weighted by Gasteiger charge is 2.52. The van der Waals surface area contributed by atoms with Crippen molar-refractivity contribution in [2.75, 3.05) is 0 Å². The van der Waals surface area contributed by atoms with Gasteiger partial charge >= 0.3 is 8.25 Å². The average molecular weight is 243 g/mol. The maximum atomic E-state index is 10.3. The number of aliphatic hydroxyl groups is 5. The van der Waals surface area contributed by atoms with E-state index in [9.17, 15) is 25.0 Å². The average Bonchev–Trinajstić information content (AvgIpc) is 2.18. The molecule has 1 rings (SSSR count). The normalized spacial score (nSPS) is 47.7. The zero-order valence-electron chi connectivity index (χ0n) is 7.41. The topological polar surface area (TPSA) is 148 Å². The van der Waals surface area contributed by atoms with Crippen molar-refractivity contribution in [2.24, 2.45) is 0 Å². The Morgan fingerprint density at radius 1 is 0.800 bits per heavy atom. The molecule has 0 radical (unpaired) electrons. The summed E-state index contributed by atoms with van der Waals surface area (Å²) in [6, 6.07) is 0. The van der Waals surface area contributed by atoms with Crippen LogP contribution >= 0.6 is 8.25 Å². The van der Waals surface area contributed by atoms with Crippen molar-refractivity contribution in [3.8, 4) is 0 Å². The van der Waals surface area contributed by atoms with Crippen LogP contribution < -0.4 is 0 Å². The highest BCUT2D eigenvalue weighted by Crippen LogP contribution is 2.29. The molecule has 0 aromatic rings. The van der Waals surface area contributed by atoms with Gasteiger partial charge in [-0.25, -0.2) is 0 Å². The minimum atomic E-state index is -3.10. The molecule has 8 nitrogen and oxygen atoms in total. The van der Waals surface area contributed by atoms with Gasteiger partial charge in [0.15, 0.2) is 6.10 Å². The molecule has 6 N–H and O–H groups in total. The lowest BCUT2D eigenvalue weighted by molar-refractivity contribution is -0.217. The summed E-state index contributed by atoms with van der Waals surface area (Å²) in [6.07, 6.45) is -10.4. The lowest BCUT2D eigenvalue weighted by atomic mass is 9.85. The fourth-order valence-corrected chi connectivity index (χ4v) is 1.88. The molecule has 7 atom stereocenters. The molecule has 15 heavy (non-hydrogen) atoms. The van der Waals surface area contributed by atoms with E-state index in [-0.39, 0.29) is 0 Å². The Kier molecular flexibility index (Phi) is 4.10. The van der Waals surface area contributed by atoms with Gasteiger partial charge < -0.3 is 25.5 Å². The summed E-state index contributed by atoms with van der Waals surface area (Å²) in [5.74, 6) is 0. The van der Waals surface area contributed by atoms with Crippen molar-refractivity contribution in [3.63, 3.8) is 0 Å². The van der Waals surface area contributed by atoms with Gasteiger partial charge in [-0.15, -0.1) is 9.42 Å². The minimum Gasteiger partial charge on any atom is -0.387 e. The van der Waals surface area contributed by atoms with Crippen LogP contribution in [0.2, 0.25) is 0 Å². The first-order valence-electron chi connectivity index (χ1n) is 4.09. The van der Waals surface area contributed by atoms with E-state index >= 15 is 0 Å². The second-order valence-corrected chi connectivity index (χ2v) is 3.95. The highest BCUT2D eigenvalue weighted by molar-refractivity contribution is 7.32. The van der Waals surface area contributed by atoms with Gasteiger partial charge in [-0.1, -0.05) is 0 Å². The van der Waals surface area contributed by atoms with Crippen molar-refractivity contribution in [3.05, 3.63) is 0 Å². The van der Waals surface area contributed by atoms with Gasteiger partial charge in [-0.05, 0) is 0 Å². The largest absolute Gasteiger partial charge is 0.695 e. The third-order valence-electron chi connectivity index (χ3n) is 2.28. The Labute approximate surface area is 85.3 Å². The Morgan fingerprint density at radius 3 is 1.47 bits per heavy atom. The van der Waals surface area contributed by atoms with E-state index in [1.54, 1.807) is 0 Å². The molecule has 1 aliphatic rings. The fourth-order valence-electron chi connectivity index (χ4n) is 1.43. The second-order valence-electron chi connectivity index (χ2n) is 3.26. The number of aliphatic hydroxyl groups excluding tert-OH is 5. The summed E-state index contributed by atoms with van der Waals surface area (Å²) in [7, 11) is -3.10. The number of hydrogen-bond acceptors (Lipinski definition) is 7. The minimum absolute atomic E-state index is 1.63. The molecule has 0 saturated heterocycles.